The van der Waals surface area contributed by atoms with Crippen LogP contribution in [0.25, 0.3) is 0 Å². The molecule has 0 unspecified atom stereocenters. The number of aliphatic hydroxyl groups excluding tert-OH is 1. The molecule has 0 saturated carbocycles. The predicted octanol–water partition coefficient (Wildman–Crippen LogP) is 1.75. The van der Waals surface area contributed by atoms with Gasteiger partial charge in [-0.3, -0.25) is 4.68 Å². The highest BCUT2D eigenvalue weighted by atomic mass is 16.3. The fraction of sp³-hybridized carbons (Fsp3) is 0.667. The number of carbonyl (C=O) groups excluding carboxylic acids is 1. The van der Waals surface area contributed by atoms with Crippen LogP contribution in [0.1, 0.15) is 40.2 Å². The first kappa shape index (κ1) is 14.5. The maximum absolute atomic E-state index is 11.7. The molecule has 1 rings (SSSR count). The molecule has 0 spiro atoms. The minimum Gasteiger partial charge on any atom is -0.396 e. The van der Waals surface area contributed by atoms with Crippen LogP contribution in [0.2, 0.25) is 0 Å². The van der Waals surface area contributed by atoms with Crippen molar-refractivity contribution in [2.45, 2.75) is 45.7 Å². The van der Waals surface area contributed by atoms with E-state index in [2.05, 4.69) is 15.7 Å². The Balaban J connectivity index is 2.54. The second-order valence-electron chi connectivity index (χ2n) is 5.24. The highest BCUT2D eigenvalue weighted by Gasteiger charge is 2.19. The Hall–Kier alpha value is -1.56. The lowest BCUT2D eigenvalue weighted by Gasteiger charge is -2.25. The third-order valence-corrected chi connectivity index (χ3v) is 2.58. The van der Waals surface area contributed by atoms with E-state index in [9.17, 15) is 4.79 Å². The van der Waals surface area contributed by atoms with E-state index in [1.165, 1.54) is 0 Å². The summed E-state index contributed by atoms with van der Waals surface area (Å²) in [5, 5.41) is 18.5. The van der Waals surface area contributed by atoms with Crippen LogP contribution in [0.15, 0.2) is 12.4 Å². The fourth-order valence-electron chi connectivity index (χ4n) is 1.50. The molecule has 1 aromatic rings. The Labute approximate surface area is 107 Å². The Kier molecular flexibility index (Phi) is 4.72. The van der Waals surface area contributed by atoms with Crippen LogP contribution < -0.4 is 10.6 Å². The van der Waals surface area contributed by atoms with Crippen molar-refractivity contribution < 1.29 is 9.90 Å². The predicted molar refractivity (Wildman–Crippen MR) is 70.5 cm³/mol. The van der Waals surface area contributed by atoms with Crippen LogP contribution in [0.3, 0.4) is 0 Å². The Morgan fingerprint density at radius 3 is 2.72 bits per heavy atom. The van der Waals surface area contributed by atoms with Crippen molar-refractivity contribution in [3.63, 3.8) is 0 Å². The first-order chi connectivity index (χ1) is 8.34. The molecular weight excluding hydrogens is 232 g/mol. The maximum atomic E-state index is 11.7. The molecule has 6 heteroatoms. The number of carbonyl (C=O) groups is 1. The molecule has 6 nitrogen and oxygen atoms in total. The van der Waals surface area contributed by atoms with Gasteiger partial charge in [-0.25, -0.2) is 4.79 Å². The Morgan fingerprint density at radius 2 is 2.22 bits per heavy atom. The summed E-state index contributed by atoms with van der Waals surface area (Å²) < 4.78 is 1.77. The number of aromatic nitrogens is 2. The van der Waals surface area contributed by atoms with Crippen molar-refractivity contribution >= 4 is 11.7 Å². The van der Waals surface area contributed by atoms with Crippen molar-refractivity contribution in [2.24, 2.45) is 0 Å². The van der Waals surface area contributed by atoms with Gasteiger partial charge in [0.25, 0.3) is 0 Å². The SMILES string of the molecule is CC(C)n1cc(NC(=O)NC(C)(C)CCO)cn1. The van der Waals surface area contributed by atoms with E-state index in [0.717, 1.165) is 0 Å². The van der Waals surface area contributed by atoms with Crippen molar-refractivity contribution in [1.29, 1.82) is 0 Å². The van der Waals surface area contributed by atoms with E-state index in [4.69, 9.17) is 5.11 Å². The van der Waals surface area contributed by atoms with Gasteiger partial charge in [-0.1, -0.05) is 0 Å². The summed E-state index contributed by atoms with van der Waals surface area (Å²) in [6.07, 6.45) is 3.90. The minimum absolute atomic E-state index is 0.0402. The Bertz CT molecular complexity index is 399. The second-order valence-corrected chi connectivity index (χ2v) is 5.24. The molecule has 2 amide bonds. The topological polar surface area (TPSA) is 79.2 Å². The molecule has 18 heavy (non-hydrogen) atoms. The summed E-state index contributed by atoms with van der Waals surface area (Å²) in [7, 11) is 0. The van der Waals surface area contributed by atoms with Gasteiger partial charge < -0.3 is 15.7 Å². The number of rotatable bonds is 5. The number of urea groups is 1. The number of amides is 2. The molecule has 0 aliphatic rings. The van der Waals surface area contributed by atoms with Gasteiger partial charge >= 0.3 is 6.03 Å². The van der Waals surface area contributed by atoms with Gasteiger partial charge in [0.05, 0.1) is 11.9 Å². The summed E-state index contributed by atoms with van der Waals surface area (Å²) in [6, 6.07) is -0.0359. The molecule has 0 radical (unpaired) electrons. The number of anilines is 1. The summed E-state index contributed by atoms with van der Waals surface area (Å²) in [6.45, 7) is 7.79. The van der Waals surface area contributed by atoms with E-state index in [1.54, 1.807) is 17.1 Å². The monoisotopic (exact) mass is 254 g/mol. The van der Waals surface area contributed by atoms with E-state index < -0.39 is 5.54 Å². The molecule has 102 valence electrons. The average Bonchev–Trinajstić information content (AvgIpc) is 2.64. The van der Waals surface area contributed by atoms with Crippen LogP contribution >= 0.6 is 0 Å². The van der Waals surface area contributed by atoms with Gasteiger partial charge in [-0.2, -0.15) is 5.10 Å². The first-order valence-electron chi connectivity index (χ1n) is 6.08. The molecule has 0 fully saturated rings. The fourth-order valence-corrected chi connectivity index (χ4v) is 1.50. The smallest absolute Gasteiger partial charge is 0.319 e. The average molecular weight is 254 g/mol. The number of hydrogen-bond acceptors (Lipinski definition) is 3. The number of hydrogen-bond donors (Lipinski definition) is 3. The van der Waals surface area contributed by atoms with Crippen LogP contribution in [-0.4, -0.2) is 33.1 Å². The van der Waals surface area contributed by atoms with Gasteiger partial charge in [0.2, 0.25) is 0 Å². The molecular formula is C12H22N4O2. The largest absolute Gasteiger partial charge is 0.396 e. The minimum atomic E-state index is -0.438. The summed E-state index contributed by atoms with van der Waals surface area (Å²) in [5.41, 5.74) is 0.216. The van der Waals surface area contributed by atoms with Crippen LogP contribution in [0.4, 0.5) is 10.5 Å². The number of nitrogens with zero attached hydrogens (tertiary/aromatic N) is 2. The van der Waals surface area contributed by atoms with Gasteiger partial charge in [-0.05, 0) is 34.1 Å². The second kappa shape index (κ2) is 5.86. The molecule has 0 aromatic carbocycles. The molecule has 1 heterocycles. The van der Waals surface area contributed by atoms with E-state index in [-0.39, 0.29) is 18.7 Å². The zero-order valence-corrected chi connectivity index (χ0v) is 11.4. The van der Waals surface area contributed by atoms with Crippen LogP contribution in [-0.2, 0) is 0 Å². The maximum Gasteiger partial charge on any atom is 0.319 e. The lowest BCUT2D eigenvalue weighted by atomic mass is 10.0. The summed E-state index contributed by atoms with van der Waals surface area (Å²) in [4.78, 5) is 11.7. The summed E-state index contributed by atoms with van der Waals surface area (Å²) >= 11 is 0. The van der Waals surface area contributed by atoms with Crippen molar-refractivity contribution in [3.05, 3.63) is 12.4 Å². The standard InChI is InChI=1S/C12H22N4O2/c1-9(2)16-8-10(7-13-16)14-11(18)15-12(3,4)5-6-17/h7-9,17H,5-6H2,1-4H3,(H2,14,15,18). The zero-order valence-electron chi connectivity index (χ0n) is 11.4. The van der Waals surface area contributed by atoms with Gasteiger partial charge in [0, 0.05) is 24.4 Å². The highest BCUT2D eigenvalue weighted by molar-refractivity contribution is 5.89. The van der Waals surface area contributed by atoms with Crippen molar-refractivity contribution in [2.75, 3.05) is 11.9 Å². The lowest BCUT2D eigenvalue weighted by molar-refractivity contribution is 0.218. The van der Waals surface area contributed by atoms with Gasteiger partial charge in [-0.15, -0.1) is 0 Å². The first-order valence-corrected chi connectivity index (χ1v) is 6.08. The van der Waals surface area contributed by atoms with Crippen LogP contribution in [0, 0.1) is 0 Å². The Morgan fingerprint density at radius 1 is 1.56 bits per heavy atom. The lowest BCUT2D eigenvalue weighted by Crippen LogP contribution is -2.46. The third kappa shape index (κ3) is 4.37. The van der Waals surface area contributed by atoms with Gasteiger partial charge in [0.1, 0.15) is 0 Å². The van der Waals surface area contributed by atoms with Crippen molar-refractivity contribution in [1.82, 2.24) is 15.1 Å². The number of nitrogens with one attached hydrogen (secondary N) is 2. The number of aliphatic hydroxyl groups is 1. The van der Waals surface area contributed by atoms with E-state index in [0.29, 0.717) is 12.1 Å². The summed E-state index contributed by atoms with van der Waals surface area (Å²) in [5.74, 6) is 0. The van der Waals surface area contributed by atoms with E-state index >= 15 is 0 Å². The normalized spacial score (nSPS) is 11.7. The quantitative estimate of drug-likeness (QED) is 0.749. The third-order valence-electron chi connectivity index (χ3n) is 2.58. The molecule has 0 aliphatic heterocycles. The van der Waals surface area contributed by atoms with Gasteiger partial charge in [0.15, 0.2) is 0 Å². The van der Waals surface area contributed by atoms with Crippen LogP contribution in [0.5, 0.6) is 0 Å². The van der Waals surface area contributed by atoms with Crippen molar-refractivity contribution in [3.8, 4) is 0 Å². The molecule has 0 atom stereocenters. The van der Waals surface area contributed by atoms with E-state index in [1.807, 2.05) is 27.7 Å². The molecule has 0 bridgehead atoms. The molecule has 0 saturated heterocycles. The molecule has 0 aliphatic carbocycles. The zero-order chi connectivity index (χ0) is 13.8. The highest BCUT2D eigenvalue weighted by Crippen LogP contribution is 2.11. The molecule has 1 aromatic heterocycles. The molecule has 3 N–H and O–H groups in total.